The summed E-state index contributed by atoms with van der Waals surface area (Å²) >= 11 is 0. The molecular weight excluding hydrogens is 324 g/mol. The predicted octanol–water partition coefficient (Wildman–Crippen LogP) is 3.39. The molecule has 0 aliphatic rings. The number of rotatable bonds is 8. The fourth-order valence-electron chi connectivity index (χ4n) is 2.49. The molecule has 0 spiro atoms. The van der Waals surface area contributed by atoms with Crippen LogP contribution >= 0.6 is 0 Å². The molecular formula is C18H18N2O5. The number of ether oxygens (including phenoxy) is 3. The molecule has 7 nitrogen and oxygen atoms in total. The maximum atomic E-state index is 11.4. The lowest BCUT2D eigenvalue weighted by atomic mass is 10.0. The molecule has 0 aliphatic heterocycles. The smallest absolute Gasteiger partial charge is 0.277 e. The molecule has 0 saturated carbocycles. The molecule has 0 atom stereocenters. The van der Waals surface area contributed by atoms with Gasteiger partial charge in [0, 0.05) is 12.7 Å². The van der Waals surface area contributed by atoms with Gasteiger partial charge in [-0.2, -0.15) is 5.26 Å². The second kappa shape index (κ2) is 8.66. The molecule has 0 aliphatic carbocycles. The maximum Gasteiger partial charge on any atom is 0.277 e. The van der Waals surface area contributed by atoms with Crippen molar-refractivity contribution in [2.24, 2.45) is 0 Å². The van der Waals surface area contributed by atoms with Crippen molar-refractivity contribution >= 4 is 5.69 Å². The number of nitrogens with zero attached hydrogens (tertiary/aromatic N) is 2. The van der Waals surface area contributed by atoms with Gasteiger partial charge in [-0.05, 0) is 5.56 Å². The van der Waals surface area contributed by atoms with Crippen LogP contribution < -0.4 is 9.47 Å². The summed E-state index contributed by atoms with van der Waals surface area (Å²) in [7, 11) is 2.89. The van der Waals surface area contributed by atoms with Crippen molar-refractivity contribution in [1.82, 2.24) is 0 Å². The lowest BCUT2D eigenvalue weighted by molar-refractivity contribution is -0.385. The Bertz CT molecular complexity index is 784. The highest BCUT2D eigenvalue weighted by atomic mass is 16.6. The predicted molar refractivity (Wildman–Crippen MR) is 90.5 cm³/mol. The lowest BCUT2D eigenvalue weighted by Gasteiger charge is -2.17. The Labute approximate surface area is 145 Å². The van der Waals surface area contributed by atoms with E-state index in [-0.39, 0.29) is 36.6 Å². The van der Waals surface area contributed by atoms with Gasteiger partial charge in [-0.25, -0.2) is 0 Å². The first-order valence-corrected chi connectivity index (χ1v) is 7.52. The third-order valence-corrected chi connectivity index (χ3v) is 3.63. The molecule has 2 aromatic rings. The second-order valence-electron chi connectivity index (χ2n) is 5.18. The number of nitro benzene ring substituents is 1. The molecule has 0 fully saturated rings. The normalized spacial score (nSPS) is 10.1. The molecule has 0 unspecified atom stereocenters. The average molecular weight is 342 g/mol. The number of nitriles is 1. The first-order chi connectivity index (χ1) is 12.1. The van der Waals surface area contributed by atoms with Crippen LogP contribution in [-0.4, -0.2) is 19.1 Å². The van der Waals surface area contributed by atoms with Crippen molar-refractivity contribution in [3.8, 4) is 17.6 Å². The fourth-order valence-corrected chi connectivity index (χ4v) is 2.49. The van der Waals surface area contributed by atoms with Crippen LogP contribution in [0.4, 0.5) is 5.69 Å². The first-order valence-electron chi connectivity index (χ1n) is 7.52. The standard InChI is InChI=1S/C18H18N2O5/c1-23-12-15-14(8-9-19)16(20(21)22)10-17(24-2)18(15)25-11-13-6-4-3-5-7-13/h3-7,10H,8,11-12H2,1-2H3. The van der Waals surface area contributed by atoms with E-state index in [4.69, 9.17) is 19.5 Å². The zero-order valence-corrected chi connectivity index (χ0v) is 14.0. The van der Waals surface area contributed by atoms with Crippen LogP contribution in [-0.2, 0) is 24.4 Å². The van der Waals surface area contributed by atoms with Crippen molar-refractivity contribution in [3.63, 3.8) is 0 Å². The van der Waals surface area contributed by atoms with E-state index in [0.29, 0.717) is 11.3 Å². The quantitative estimate of drug-likeness (QED) is 0.539. The van der Waals surface area contributed by atoms with Crippen molar-refractivity contribution in [1.29, 1.82) is 5.26 Å². The second-order valence-corrected chi connectivity index (χ2v) is 5.18. The van der Waals surface area contributed by atoms with E-state index >= 15 is 0 Å². The number of nitro groups is 1. The Morgan fingerprint density at radius 3 is 2.44 bits per heavy atom. The molecule has 0 saturated heterocycles. The molecule has 0 aromatic heterocycles. The van der Waals surface area contributed by atoms with Crippen LogP contribution in [0.25, 0.3) is 0 Å². The molecule has 0 heterocycles. The zero-order valence-electron chi connectivity index (χ0n) is 14.0. The summed E-state index contributed by atoms with van der Waals surface area (Å²) in [6.45, 7) is 0.330. The van der Waals surface area contributed by atoms with Crippen LogP contribution in [0.15, 0.2) is 36.4 Å². The molecule has 0 bridgehead atoms. The molecule has 2 rings (SSSR count). The van der Waals surface area contributed by atoms with Crippen molar-refractivity contribution in [3.05, 3.63) is 63.2 Å². The van der Waals surface area contributed by atoms with Gasteiger partial charge in [0.25, 0.3) is 5.69 Å². The van der Waals surface area contributed by atoms with Gasteiger partial charge in [-0.3, -0.25) is 10.1 Å². The van der Waals surface area contributed by atoms with E-state index < -0.39 is 4.92 Å². The first kappa shape index (κ1) is 18.2. The largest absolute Gasteiger partial charge is 0.493 e. The van der Waals surface area contributed by atoms with Gasteiger partial charge in [0.05, 0.1) is 42.8 Å². The molecule has 0 radical (unpaired) electrons. The minimum absolute atomic E-state index is 0.0686. The van der Waals surface area contributed by atoms with E-state index in [1.165, 1.54) is 20.3 Å². The van der Waals surface area contributed by atoms with Gasteiger partial charge in [-0.15, -0.1) is 0 Å². The van der Waals surface area contributed by atoms with Gasteiger partial charge < -0.3 is 14.2 Å². The summed E-state index contributed by atoms with van der Waals surface area (Å²) in [5.74, 6) is 0.584. The highest BCUT2D eigenvalue weighted by molar-refractivity contribution is 5.61. The van der Waals surface area contributed by atoms with Crippen LogP contribution in [0.2, 0.25) is 0 Å². The Balaban J connectivity index is 2.53. The third-order valence-electron chi connectivity index (χ3n) is 3.63. The third kappa shape index (κ3) is 4.25. The van der Waals surface area contributed by atoms with Crippen molar-refractivity contribution < 1.29 is 19.1 Å². The van der Waals surface area contributed by atoms with Gasteiger partial charge in [-0.1, -0.05) is 30.3 Å². The Morgan fingerprint density at radius 1 is 1.16 bits per heavy atom. The van der Waals surface area contributed by atoms with Crippen molar-refractivity contribution in [2.75, 3.05) is 14.2 Å². The zero-order chi connectivity index (χ0) is 18.2. The van der Waals surface area contributed by atoms with Gasteiger partial charge >= 0.3 is 0 Å². The van der Waals surface area contributed by atoms with Crippen LogP contribution in [0.3, 0.4) is 0 Å². The summed E-state index contributed by atoms with van der Waals surface area (Å²) in [5, 5.41) is 20.4. The minimum Gasteiger partial charge on any atom is -0.493 e. The van der Waals surface area contributed by atoms with E-state index in [2.05, 4.69) is 0 Å². The Kier molecular flexibility index (Phi) is 6.32. The molecule has 2 aromatic carbocycles. The highest BCUT2D eigenvalue weighted by Crippen LogP contribution is 2.40. The number of hydrogen-bond donors (Lipinski definition) is 0. The van der Waals surface area contributed by atoms with Gasteiger partial charge in [0.15, 0.2) is 11.5 Å². The molecule has 0 N–H and O–H groups in total. The Hall–Kier alpha value is -3.11. The molecule has 7 heteroatoms. The molecule has 25 heavy (non-hydrogen) atoms. The van der Waals surface area contributed by atoms with E-state index in [0.717, 1.165) is 5.56 Å². The van der Waals surface area contributed by atoms with Crippen LogP contribution in [0.5, 0.6) is 11.5 Å². The number of methoxy groups -OCH3 is 2. The highest BCUT2D eigenvalue weighted by Gasteiger charge is 2.26. The topological polar surface area (TPSA) is 94.6 Å². The maximum absolute atomic E-state index is 11.4. The monoisotopic (exact) mass is 342 g/mol. The van der Waals surface area contributed by atoms with Gasteiger partial charge in [0.1, 0.15) is 6.61 Å². The minimum atomic E-state index is -0.532. The molecule has 130 valence electrons. The summed E-state index contributed by atoms with van der Waals surface area (Å²) in [6.07, 6.45) is -0.124. The summed E-state index contributed by atoms with van der Waals surface area (Å²) < 4.78 is 16.3. The van der Waals surface area contributed by atoms with E-state index in [1.54, 1.807) is 0 Å². The summed E-state index contributed by atoms with van der Waals surface area (Å²) in [6, 6.07) is 12.7. The van der Waals surface area contributed by atoms with Gasteiger partial charge in [0.2, 0.25) is 0 Å². The summed E-state index contributed by atoms with van der Waals surface area (Å²) in [5.41, 5.74) is 1.48. The summed E-state index contributed by atoms with van der Waals surface area (Å²) in [4.78, 5) is 10.8. The molecule has 0 amide bonds. The Morgan fingerprint density at radius 2 is 1.88 bits per heavy atom. The fraction of sp³-hybridized carbons (Fsp3) is 0.278. The van der Waals surface area contributed by atoms with Crippen LogP contribution in [0.1, 0.15) is 16.7 Å². The lowest BCUT2D eigenvalue weighted by Crippen LogP contribution is -2.08. The van der Waals surface area contributed by atoms with Crippen molar-refractivity contribution in [2.45, 2.75) is 19.6 Å². The van der Waals surface area contributed by atoms with E-state index in [1.807, 2.05) is 36.4 Å². The number of hydrogen-bond acceptors (Lipinski definition) is 6. The number of benzene rings is 2. The van der Waals surface area contributed by atoms with Crippen LogP contribution in [0, 0.1) is 21.4 Å². The SMILES string of the molecule is COCc1c(CC#N)c([N+](=O)[O-])cc(OC)c1OCc1ccccc1. The van der Waals surface area contributed by atoms with E-state index in [9.17, 15) is 10.1 Å². The average Bonchev–Trinajstić information content (AvgIpc) is 2.62.